The monoisotopic (exact) mass is 169 g/mol. The lowest BCUT2D eigenvalue weighted by atomic mass is 9.99. The van der Waals surface area contributed by atoms with Gasteiger partial charge in [0.15, 0.2) is 5.90 Å². The number of hydrogen-bond acceptors (Lipinski definition) is 2. The normalized spacial score (nSPS) is 21.8. The molecule has 12 heavy (non-hydrogen) atoms. The molecule has 0 radical (unpaired) electrons. The van der Waals surface area contributed by atoms with Crippen molar-refractivity contribution in [3.05, 3.63) is 24.1 Å². The summed E-state index contributed by atoms with van der Waals surface area (Å²) in [6, 6.07) is 0. The predicted octanol–water partition coefficient (Wildman–Crippen LogP) is 2.43. The third-order valence-electron chi connectivity index (χ3n) is 1.71. The highest BCUT2D eigenvalue weighted by Gasteiger charge is 2.21. The minimum absolute atomic E-state index is 0.0237. The maximum atomic E-state index is 13.0. The van der Waals surface area contributed by atoms with Gasteiger partial charge >= 0.3 is 0 Å². The van der Waals surface area contributed by atoms with Crippen LogP contribution in [0.5, 0.6) is 0 Å². The summed E-state index contributed by atoms with van der Waals surface area (Å²) >= 11 is 0. The van der Waals surface area contributed by atoms with E-state index in [0.29, 0.717) is 13.0 Å². The maximum absolute atomic E-state index is 13.0. The van der Waals surface area contributed by atoms with Gasteiger partial charge in [0.05, 0.1) is 12.5 Å². The van der Waals surface area contributed by atoms with Gasteiger partial charge in [-0.3, -0.25) is 5.41 Å². The van der Waals surface area contributed by atoms with Gasteiger partial charge in [0.2, 0.25) is 0 Å². The molecule has 1 rings (SSSR count). The second-order valence-electron chi connectivity index (χ2n) is 2.57. The van der Waals surface area contributed by atoms with Crippen LogP contribution in [-0.2, 0) is 4.74 Å². The van der Waals surface area contributed by atoms with Gasteiger partial charge in [-0.25, -0.2) is 4.39 Å². The Kier molecular flexibility index (Phi) is 3.02. The van der Waals surface area contributed by atoms with Crippen LogP contribution < -0.4 is 0 Å². The first kappa shape index (κ1) is 8.97. The zero-order valence-corrected chi connectivity index (χ0v) is 7.01. The molecule has 3 heteroatoms. The Morgan fingerprint density at radius 1 is 1.83 bits per heavy atom. The van der Waals surface area contributed by atoms with Crippen molar-refractivity contribution in [3.63, 3.8) is 0 Å². The third-order valence-corrected chi connectivity index (χ3v) is 1.71. The summed E-state index contributed by atoms with van der Waals surface area (Å²) in [6.07, 6.45) is 5.40. The van der Waals surface area contributed by atoms with E-state index in [2.05, 4.69) is 0 Å². The Morgan fingerprint density at radius 3 is 3.17 bits per heavy atom. The van der Waals surface area contributed by atoms with Crippen LogP contribution in [0.3, 0.4) is 0 Å². The van der Waals surface area contributed by atoms with E-state index in [1.807, 2.05) is 6.08 Å². The number of allylic oxidation sites excluding steroid dienone is 3. The zero-order valence-electron chi connectivity index (χ0n) is 7.01. The highest BCUT2D eigenvalue weighted by molar-refractivity contribution is 5.78. The van der Waals surface area contributed by atoms with Crippen molar-refractivity contribution in [1.82, 2.24) is 0 Å². The molecule has 1 atom stereocenters. The molecule has 2 nitrogen and oxygen atoms in total. The van der Waals surface area contributed by atoms with E-state index in [1.165, 1.54) is 6.08 Å². The molecule has 0 aliphatic heterocycles. The molecule has 1 aliphatic rings. The number of hydrogen-bond donors (Lipinski definition) is 1. The SMILES string of the molecule is CCOC(=N)C1CC=CC=C1F. The van der Waals surface area contributed by atoms with Crippen LogP contribution in [0.4, 0.5) is 4.39 Å². The average Bonchev–Trinajstić information content (AvgIpc) is 2.05. The lowest BCUT2D eigenvalue weighted by Gasteiger charge is -2.16. The number of rotatable bonds is 2. The Bertz CT molecular complexity index is 233. The maximum Gasteiger partial charge on any atom is 0.190 e. The number of nitrogens with one attached hydrogen (secondary N) is 1. The molecule has 0 heterocycles. The third kappa shape index (κ3) is 1.94. The quantitative estimate of drug-likeness (QED) is 0.499. The highest BCUT2D eigenvalue weighted by atomic mass is 19.1. The molecule has 0 aromatic rings. The molecule has 1 N–H and O–H groups in total. The summed E-state index contributed by atoms with van der Waals surface area (Å²) in [7, 11) is 0. The van der Waals surface area contributed by atoms with Crippen LogP contribution >= 0.6 is 0 Å². The van der Waals surface area contributed by atoms with Gasteiger partial charge in [0, 0.05) is 0 Å². The summed E-state index contributed by atoms with van der Waals surface area (Å²) in [5.74, 6) is -0.749. The zero-order chi connectivity index (χ0) is 8.97. The molecular weight excluding hydrogens is 157 g/mol. The molecule has 0 bridgehead atoms. The molecule has 0 aromatic carbocycles. The number of halogens is 1. The van der Waals surface area contributed by atoms with E-state index in [4.69, 9.17) is 10.1 Å². The van der Waals surface area contributed by atoms with Crippen molar-refractivity contribution >= 4 is 5.90 Å². The van der Waals surface area contributed by atoms with Gasteiger partial charge in [0.1, 0.15) is 5.83 Å². The molecule has 0 aromatic heterocycles. The van der Waals surface area contributed by atoms with Gasteiger partial charge in [-0.05, 0) is 19.4 Å². The van der Waals surface area contributed by atoms with Crippen molar-refractivity contribution in [3.8, 4) is 0 Å². The fourth-order valence-electron chi connectivity index (χ4n) is 1.09. The van der Waals surface area contributed by atoms with Crippen LogP contribution in [0.2, 0.25) is 0 Å². The van der Waals surface area contributed by atoms with Gasteiger partial charge in [-0.1, -0.05) is 12.2 Å². The highest BCUT2D eigenvalue weighted by Crippen LogP contribution is 2.22. The summed E-state index contributed by atoms with van der Waals surface area (Å²) in [5, 5.41) is 7.38. The summed E-state index contributed by atoms with van der Waals surface area (Å²) in [5.41, 5.74) is 0. The molecule has 0 saturated carbocycles. The Morgan fingerprint density at radius 2 is 2.58 bits per heavy atom. The van der Waals surface area contributed by atoms with Crippen LogP contribution in [0.25, 0.3) is 0 Å². The lowest BCUT2D eigenvalue weighted by Crippen LogP contribution is -2.18. The fraction of sp³-hybridized carbons (Fsp3) is 0.444. The van der Waals surface area contributed by atoms with E-state index in [1.54, 1.807) is 13.0 Å². The molecule has 1 aliphatic carbocycles. The Balaban J connectivity index is 2.58. The van der Waals surface area contributed by atoms with Crippen molar-refractivity contribution in [1.29, 1.82) is 5.41 Å². The first-order chi connectivity index (χ1) is 5.75. The van der Waals surface area contributed by atoms with E-state index in [-0.39, 0.29) is 11.7 Å². The van der Waals surface area contributed by atoms with E-state index >= 15 is 0 Å². The molecule has 0 fully saturated rings. The molecule has 0 spiro atoms. The summed E-state index contributed by atoms with van der Waals surface area (Å²) in [6.45, 7) is 2.21. The van der Waals surface area contributed by atoms with Crippen LogP contribution in [0.15, 0.2) is 24.1 Å². The average molecular weight is 169 g/mol. The Hall–Kier alpha value is -1.12. The van der Waals surface area contributed by atoms with Crippen molar-refractivity contribution in [2.75, 3.05) is 6.61 Å². The van der Waals surface area contributed by atoms with Crippen molar-refractivity contribution < 1.29 is 9.13 Å². The number of ether oxygens (including phenoxy) is 1. The minimum atomic E-state index is -0.491. The fourth-order valence-corrected chi connectivity index (χ4v) is 1.09. The largest absolute Gasteiger partial charge is 0.481 e. The smallest absolute Gasteiger partial charge is 0.190 e. The second kappa shape index (κ2) is 4.04. The molecule has 1 unspecified atom stereocenters. The first-order valence-corrected chi connectivity index (χ1v) is 3.99. The van der Waals surface area contributed by atoms with Gasteiger partial charge in [-0.2, -0.15) is 0 Å². The van der Waals surface area contributed by atoms with Crippen LogP contribution in [-0.4, -0.2) is 12.5 Å². The summed E-state index contributed by atoms with van der Waals surface area (Å²) in [4.78, 5) is 0. The predicted molar refractivity (Wildman–Crippen MR) is 45.8 cm³/mol. The van der Waals surface area contributed by atoms with E-state index in [9.17, 15) is 4.39 Å². The molecular formula is C9H12FNO. The standard InChI is InChI=1S/C9H12FNO/c1-2-12-9(11)7-5-3-4-6-8(7)10/h3-4,6-7,11H,2,5H2,1H3. The Labute approximate surface area is 71.2 Å². The molecule has 0 amide bonds. The van der Waals surface area contributed by atoms with Gasteiger partial charge < -0.3 is 4.74 Å². The first-order valence-electron chi connectivity index (χ1n) is 3.99. The lowest BCUT2D eigenvalue weighted by molar-refractivity contribution is 0.295. The van der Waals surface area contributed by atoms with E-state index < -0.39 is 5.92 Å². The molecule has 66 valence electrons. The van der Waals surface area contributed by atoms with Crippen molar-refractivity contribution in [2.45, 2.75) is 13.3 Å². The minimum Gasteiger partial charge on any atom is -0.481 e. The van der Waals surface area contributed by atoms with Crippen molar-refractivity contribution in [2.24, 2.45) is 5.92 Å². The second-order valence-corrected chi connectivity index (χ2v) is 2.57. The van der Waals surface area contributed by atoms with Gasteiger partial charge in [-0.15, -0.1) is 0 Å². The molecule has 0 saturated heterocycles. The topological polar surface area (TPSA) is 33.1 Å². The van der Waals surface area contributed by atoms with Crippen LogP contribution in [0, 0.1) is 11.3 Å². The summed E-state index contributed by atoms with van der Waals surface area (Å²) < 4.78 is 17.9. The van der Waals surface area contributed by atoms with E-state index in [0.717, 1.165) is 0 Å². The van der Waals surface area contributed by atoms with Crippen LogP contribution in [0.1, 0.15) is 13.3 Å². The van der Waals surface area contributed by atoms with Gasteiger partial charge in [0.25, 0.3) is 0 Å².